The largest absolute Gasteiger partial charge is 1.00 e. The zero-order valence-electron chi connectivity index (χ0n) is 31.0. The van der Waals surface area contributed by atoms with Crippen LogP contribution in [0.5, 0.6) is 0 Å². The molecule has 272 valence electrons. The fraction of sp³-hybridized carbons (Fsp3) is 0.857. The zero-order valence-corrected chi connectivity index (χ0v) is 32.0. The quantitative estimate of drug-likeness (QED) is 0.0542. The minimum Gasteiger partial charge on any atom is -1.00 e. The number of carboxylic acids is 3. The average Bonchev–Trinajstić information content (AvgIpc) is 3.01. The molecule has 0 spiro atoms. The third kappa shape index (κ3) is 31.5. The molecule has 0 saturated heterocycles. The van der Waals surface area contributed by atoms with Crippen molar-refractivity contribution in [1.29, 1.82) is 0 Å². The number of hydrogen-bond donors (Lipinski definition) is 5. The molecule has 0 aliphatic heterocycles. The molecule has 0 heterocycles. The van der Waals surface area contributed by atoms with Gasteiger partial charge in [0.05, 0.1) is 0 Å². The summed E-state index contributed by atoms with van der Waals surface area (Å²) in [5.41, 5.74) is 10.4. The molecule has 0 aromatic carbocycles. The van der Waals surface area contributed by atoms with Gasteiger partial charge in [0.1, 0.15) is 12.1 Å². The van der Waals surface area contributed by atoms with Crippen LogP contribution in [-0.4, -0.2) is 68.6 Å². The first-order chi connectivity index (χ1) is 22.0. The summed E-state index contributed by atoms with van der Waals surface area (Å²) in [6, 6.07) is -2.13. The Balaban J connectivity index is -0.000000694. The third-order valence-electron chi connectivity index (χ3n) is 8.04. The van der Waals surface area contributed by atoms with E-state index in [4.69, 9.17) is 21.7 Å². The van der Waals surface area contributed by atoms with E-state index in [9.17, 15) is 29.1 Å². The number of hydrogen-bond acceptors (Lipinski definition) is 7. The molecule has 0 rings (SSSR count). The van der Waals surface area contributed by atoms with Gasteiger partial charge in [-0.1, -0.05) is 123 Å². The second-order valence-corrected chi connectivity index (χ2v) is 12.3. The van der Waals surface area contributed by atoms with Gasteiger partial charge in [0.25, 0.3) is 0 Å². The first-order valence-corrected chi connectivity index (χ1v) is 18.0. The molecule has 11 nitrogen and oxygen atoms in total. The van der Waals surface area contributed by atoms with Crippen molar-refractivity contribution in [3.63, 3.8) is 0 Å². The van der Waals surface area contributed by atoms with Crippen LogP contribution in [-0.2, 0) is 24.0 Å². The van der Waals surface area contributed by atoms with Crippen LogP contribution in [0.1, 0.15) is 176 Å². The van der Waals surface area contributed by atoms with Gasteiger partial charge < -0.3 is 28.2 Å². The van der Waals surface area contributed by atoms with E-state index in [1.165, 1.54) is 64.2 Å². The van der Waals surface area contributed by atoms with Crippen LogP contribution in [0.4, 0.5) is 0 Å². The van der Waals surface area contributed by atoms with E-state index < -0.39 is 48.2 Å². The second kappa shape index (κ2) is 35.8. The number of amides is 2. The van der Waals surface area contributed by atoms with Crippen LogP contribution in [0.25, 0.3) is 0 Å². The molecule has 0 aliphatic carbocycles. The monoisotopic (exact) mass is 681 g/mol. The van der Waals surface area contributed by atoms with Crippen molar-refractivity contribution in [3.05, 3.63) is 0 Å². The van der Waals surface area contributed by atoms with Gasteiger partial charge in [0, 0.05) is 19.3 Å². The number of unbranched alkanes of at least 4 members (excludes halogenated alkanes) is 17. The van der Waals surface area contributed by atoms with E-state index in [1.54, 1.807) is 0 Å². The molecule has 0 aromatic rings. The average molecular weight is 682 g/mol. The maximum Gasteiger partial charge on any atom is 1.00 e. The summed E-state index contributed by atoms with van der Waals surface area (Å²) in [5.74, 6) is -4.37. The topological polar surface area (TPSA) is 201 Å². The van der Waals surface area contributed by atoms with Crippen molar-refractivity contribution in [2.24, 2.45) is 11.5 Å². The van der Waals surface area contributed by atoms with Gasteiger partial charge in [-0.2, -0.15) is 0 Å². The predicted molar refractivity (Wildman–Crippen MR) is 183 cm³/mol. The van der Waals surface area contributed by atoms with Crippen molar-refractivity contribution in [3.8, 4) is 0 Å². The minimum absolute atomic E-state index is 0. The molecule has 2 amide bonds. The molecule has 0 saturated carbocycles. The molecule has 0 fully saturated rings. The van der Waals surface area contributed by atoms with Gasteiger partial charge in [0.2, 0.25) is 11.8 Å². The number of rotatable bonds is 30. The van der Waals surface area contributed by atoms with Gasteiger partial charge >= 0.3 is 47.5 Å². The first-order valence-electron chi connectivity index (χ1n) is 18.0. The Morgan fingerprint density at radius 2 is 0.936 bits per heavy atom. The Hall–Kier alpha value is -1.53. The van der Waals surface area contributed by atoms with Gasteiger partial charge in [0.15, 0.2) is 0 Å². The normalized spacial score (nSPS) is 11.8. The Kier molecular flexibility index (Phi) is 37.9. The number of carboxylic acid groups (broad SMARTS) is 3. The van der Waals surface area contributed by atoms with Crippen molar-refractivity contribution in [1.82, 2.24) is 4.90 Å². The van der Waals surface area contributed by atoms with E-state index in [2.05, 4.69) is 13.8 Å². The molecule has 47 heavy (non-hydrogen) atoms. The van der Waals surface area contributed by atoms with Crippen LogP contribution in [0.2, 0.25) is 0 Å². The van der Waals surface area contributed by atoms with Crippen LogP contribution in [0, 0.1) is 0 Å². The Morgan fingerprint density at radius 1 is 0.553 bits per heavy atom. The molecular weight excluding hydrogens is 613 g/mol. The summed E-state index contributed by atoms with van der Waals surface area (Å²) >= 11 is 0. The molecule has 2 unspecified atom stereocenters. The molecule has 0 bridgehead atoms. The zero-order chi connectivity index (χ0) is 35.0. The number of aliphatic carboxylic acids is 3. The van der Waals surface area contributed by atoms with Gasteiger partial charge in [-0.25, -0.2) is 4.79 Å². The predicted octanol–water partition coefficient (Wildman–Crippen LogP) is 4.15. The molecule has 7 N–H and O–H groups in total. The fourth-order valence-corrected chi connectivity index (χ4v) is 5.16. The number of carbonyl (C=O) groups is 5. The summed E-state index contributed by atoms with van der Waals surface area (Å²) < 4.78 is 0. The fourth-order valence-electron chi connectivity index (χ4n) is 5.16. The smallest absolute Gasteiger partial charge is 1.00 e. The van der Waals surface area contributed by atoms with Crippen LogP contribution < -0.4 is 41.0 Å². The summed E-state index contributed by atoms with van der Waals surface area (Å²) in [5, 5.41) is 27.0. The SMILES string of the molecule is CCCCCCCCCCCC(=O)N(C(=O)CCCCCCCCCCC)C(CCC(=O)O)C(=O)O.NCCCCC(N)C(=O)O.[H-].[Na+]. The third-order valence-corrected chi connectivity index (χ3v) is 8.04. The van der Waals surface area contributed by atoms with Crippen molar-refractivity contribution in [2.75, 3.05) is 6.54 Å². The summed E-state index contributed by atoms with van der Waals surface area (Å²) in [7, 11) is 0. The van der Waals surface area contributed by atoms with Crippen LogP contribution in [0.15, 0.2) is 0 Å². The summed E-state index contributed by atoms with van der Waals surface area (Å²) in [4.78, 5) is 59.8. The summed E-state index contributed by atoms with van der Waals surface area (Å²) in [6.45, 7) is 4.99. The van der Waals surface area contributed by atoms with E-state index in [-0.39, 0.29) is 50.2 Å². The molecular formula is C35H68N3NaO8. The number of carbonyl (C=O) groups excluding carboxylic acids is 2. The van der Waals surface area contributed by atoms with Crippen molar-refractivity contribution >= 4 is 29.7 Å². The number of nitrogens with two attached hydrogens (primary N) is 2. The Bertz CT molecular complexity index is 789. The summed E-state index contributed by atoms with van der Waals surface area (Å²) in [6.07, 6.45) is 21.3. The molecule has 0 aliphatic rings. The van der Waals surface area contributed by atoms with Gasteiger partial charge in [-0.3, -0.25) is 24.1 Å². The Morgan fingerprint density at radius 3 is 1.26 bits per heavy atom. The maximum absolute atomic E-state index is 12.9. The van der Waals surface area contributed by atoms with E-state index in [0.717, 1.165) is 56.3 Å². The van der Waals surface area contributed by atoms with E-state index in [1.807, 2.05) is 0 Å². The second-order valence-electron chi connectivity index (χ2n) is 12.3. The minimum atomic E-state index is -1.42. The Labute approximate surface area is 308 Å². The van der Waals surface area contributed by atoms with Crippen molar-refractivity contribution in [2.45, 2.75) is 186 Å². The molecule has 0 aromatic heterocycles. The molecule has 2 atom stereocenters. The molecule has 12 heteroatoms. The van der Waals surface area contributed by atoms with Crippen LogP contribution >= 0.6 is 0 Å². The van der Waals surface area contributed by atoms with Gasteiger partial charge in [-0.15, -0.1) is 0 Å². The number of imide groups is 1. The standard InChI is InChI=1S/C29H53NO6.C6H14N2O2.Na.H/c1-3-5-7-9-11-13-15-17-19-21-26(31)30(25(29(35)36)23-24-28(33)34)27(32)22-20-18-16-14-12-10-8-6-4-2;7-4-2-1-3-5(8)6(9)10;;/h25H,3-24H2,1-2H3,(H,33,34)(H,35,36);5H,1-4,7-8H2,(H,9,10);;/q;;+1;-1. The number of nitrogens with zero attached hydrogens (tertiary/aromatic N) is 1. The van der Waals surface area contributed by atoms with E-state index >= 15 is 0 Å². The van der Waals surface area contributed by atoms with Crippen LogP contribution in [0.3, 0.4) is 0 Å². The van der Waals surface area contributed by atoms with E-state index in [0.29, 0.717) is 25.8 Å². The van der Waals surface area contributed by atoms with Crippen molar-refractivity contribution < 1.29 is 70.3 Å². The maximum atomic E-state index is 12.9. The first kappa shape index (κ1) is 49.9. The van der Waals surface area contributed by atoms with Gasteiger partial charge in [-0.05, 0) is 38.6 Å². The molecule has 0 radical (unpaired) electrons.